The Morgan fingerprint density at radius 3 is 2.32 bits per heavy atom. The first-order valence-electron chi connectivity index (χ1n) is 9.92. The Labute approximate surface area is 165 Å². The predicted octanol–water partition coefficient (Wildman–Crippen LogP) is 1.48. The molecule has 1 aromatic rings. The molecular formula is C21H29N3O4. The molecule has 152 valence electrons. The van der Waals surface area contributed by atoms with Crippen molar-refractivity contribution in [2.75, 3.05) is 19.6 Å². The molecule has 2 aliphatic rings. The highest BCUT2D eigenvalue weighted by molar-refractivity contribution is 5.96. The van der Waals surface area contributed by atoms with Gasteiger partial charge in [-0.25, -0.2) is 0 Å². The van der Waals surface area contributed by atoms with Crippen molar-refractivity contribution in [3.63, 3.8) is 0 Å². The van der Waals surface area contributed by atoms with E-state index >= 15 is 0 Å². The summed E-state index contributed by atoms with van der Waals surface area (Å²) in [6.45, 7) is 4.70. The second kappa shape index (κ2) is 8.73. The lowest BCUT2D eigenvalue weighted by atomic mass is 9.85. The van der Waals surface area contributed by atoms with E-state index in [4.69, 9.17) is 5.11 Å². The largest absolute Gasteiger partial charge is 0.480 e. The first kappa shape index (κ1) is 20.3. The van der Waals surface area contributed by atoms with E-state index in [9.17, 15) is 14.4 Å². The van der Waals surface area contributed by atoms with Gasteiger partial charge < -0.3 is 15.7 Å². The molecule has 2 fully saturated rings. The maximum Gasteiger partial charge on any atom is 0.317 e. The summed E-state index contributed by atoms with van der Waals surface area (Å²) in [5.74, 6) is -0.644. The number of benzene rings is 1. The maximum absolute atomic E-state index is 12.2. The van der Waals surface area contributed by atoms with Gasteiger partial charge in [0.1, 0.15) is 0 Å². The Morgan fingerprint density at radius 1 is 1.11 bits per heavy atom. The monoisotopic (exact) mass is 387 g/mol. The molecule has 3 N–H and O–H groups in total. The second-order valence-electron chi connectivity index (χ2n) is 8.22. The van der Waals surface area contributed by atoms with Crippen molar-refractivity contribution >= 4 is 17.8 Å². The summed E-state index contributed by atoms with van der Waals surface area (Å²) in [6, 6.07) is 5.85. The van der Waals surface area contributed by atoms with Gasteiger partial charge in [-0.15, -0.1) is 0 Å². The van der Waals surface area contributed by atoms with Crippen molar-refractivity contribution in [1.82, 2.24) is 15.5 Å². The number of carbonyl (C=O) groups is 3. The minimum atomic E-state index is -0.803. The summed E-state index contributed by atoms with van der Waals surface area (Å²) >= 11 is 0. The first-order chi connectivity index (χ1) is 13.3. The summed E-state index contributed by atoms with van der Waals surface area (Å²) in [6.07, 6.45) is 3.89. The molecule has 28 heavy (non-hydrogen) atoms. The number of carboxylic acids is 1. The summed E-state index contributed by atoms with van der Waals surface area (Å²) in [7, 11) is 0. The molecule has 0 unspecified atom stereocenters. The van der Waals surface area contributed by atoms with E-state index < -0.39 is 5.97 Å². The highest BCUT2D eigenvalue weighted by Crippen LogP contribution is 2.33. The molecule has 7 nitrogen and oxygen atoms in total. The van der Waals surface area contributed by atoms with Crippen LogP contribution in [0.25, 0.3) is 0 Å². The van der Waals surface area contributed by atoms with Crippen LogP contribution >= 0.6 is 0 Å². The number of amides is 2. The van der Waals surface area contributed by atoms with Crippen LogP contribution in [0.3, 0.4) is 0 Å². The lowest BCUT2D eigenvalue weighted by molar-refractivity contribution is -0.140. The van der Waals surface area contributed by atoms with Gasteiger partial charge in [0.05, 0.1) is 13.1 Å². The van der Waals surface area contributed by atoms with Crippen molar-refractivity contribution in [2.45, 2.75) is 51.6 Å². The number of nitrogens with zero attached hydrogens (tertiary/aromatic N) is 1. The van der Waals surface area contributed by atoms with Crippen LogP contribution in [0, 0.1) is 19.8 Å². The Bertz CT molecular complexity index is 734. The van der Waals surface area contributed by atoms with Crippen LogP contribution in [0.15, 0.2) is 18.2 Å². The van der Waals surface area contributed by atoms with Crippen LogP contribution in [0.4, 0.5) is 0 Å². The molecule has 3 rings (SSSR count). The zero-order valence-electron chi connectivity index (χ0n) is 16.5. The fraction of sp³-hybridized carbons (Fsp3) is 0.571. The smallest absolute Gasteiger partial charge is 0.317 e. The zero-order valence-corrected chi connectivity index (χ0v) is 16.5. The fourth-order valence-corrected chi connectivity index (χ4v) is 3.80. The van der Waals surface area contributed by atoms with Gasteiger partial charge >= 0.3 is 5.97 Å². The second-order valence-corrected chi connectivity index (χ2v) is 8.22. The average molecular weight is 387 g/mol. The van der Waals surface area contributed by atoms with Gasteiger partial charge in [-0.3, -0.25) is 19.3 Å². The minimum Gasteiger partial charge on any atom is -0.480 e. The Morgan fingerprint density at radius 2 is 1.75 bits per heavy atom. The molecule has 0 aliphatic heterocycles. The number of nitrogens with one attached hydrogen (secondary N) is 2. The van der Waals surface area contributed by atoms with Crippen molar-refractivity contribution in [1.29, 1.82) is 0 Å². The number of aryl methyl sites for hydroxylation is 2. The van der Waals surface area contributed by atoms with Gasteiger partial charge in [0.25, 0.3) is 5.91 Å². The van der Waals surface area contributed by atoms with Gasteiger partial charge in [-0.05, 0) is 57.6 Å². The van der Waals surface area contributed by atoms with E-state index in [0.717, 1.165) is 30.5 Å². The third-order valence-electron chi connectivity index (χ3n) is 5.42. The van der Waals surface area contributed by atoms with E-state index in [1.807, 2.05) is 24.8 Å². The highest BCUT2D eigenvalue weighted by Gasteiger charge is 2.37. The van der Waals surface area contributed by atoms with Crippen molar-refractivity contribution in [2.24, 2.45) is 5.92 Å². The van der Waals surface area contributed by atoms with E-state index in [1.54, 1.807) is 12.1 Å². The van der Waals surface area contributed by atoms with E-state index in [2.05, 4.69) is 10.6 Å². The molecule has 2 amide bonds. The Kier molecular flexibility index (Phi) is 6.34. The molecule has 0 atom stereocenters. The molecular weight excluding hydrogens is 358 g/mol. The van der Waals surface area contributed by atoms with Crippen LogP contribution in [0.2, 0.25) is 0 Å². The normalized spacial score (nSPS) is 21.1. The molecule has 0 bridgehead atoms. The highest BCUT2D eigenvalue weighted by atomic mass is 16.4. The van der Waals surface area contributed by atoms with Crippen LogP contribution in [-0.4, -0.2) is 59.5 Å². The van der Waals surface area contributed by atoms with Gasteiger partial charge in [0, 0.05) is 24.2 Å². The average Bonchev–Trinajstić information content (AvgIpc) is 3.37. The number of rotatable bonds is 9. The third-order valence-corrected chi connectivity index (χ3v) is 5.42. The molecule has 7 heteroatoms. The van der Waals surface area contributed by atoms with E-state index in [1.165, 1.54) is 12.8 Å². The van der Waals surface area contributed by atoms with Crippen molar-refractivity contribution in [3.8, 4) is 0 Å². The number of carboxylic acid groups (broad SMARTS) is 1. The first-order valence-corrected chi connectivity index (χ1v) is 9.92. The number of hydrogen-bond acceptors (Lipinski definition) is 4. The van der Waals surface area contributed by atoms with E-state index in [0.29, 0.717) is 11.5 Å². The molecule has 0 saturated heterocycles. The van der Waals surface area contributed by atoms with Crippen molar-refractivity contribution < 1.29 is 19.5 Å². The molecule has 2 aliphatic carbocycles. The number of carbonyl (C=O) groups excluding carboxylic acids is 2. The molecule has 0 aromatic heterocycles. The van der Waals surface area contributed by atoms with Crippen LogP contribution in [0.5, 0.6) is 0 Å². The molecule has 2 saturated carbocycles. The lowest BCUT2D eigenvalue weighted by Gasteiger charge is -2.42. The number of aliphatic carboxylic acids is 1. The summed E-state index contributed by atoms with van der Waals surface area (Å²) in [5, 5.41) is 14.7. The molecule has 1 aromatic carbocycles. The van der Waals surface area contributed by atoms with Crippen LogP contribution < -0.4 is 10.6 Å². The lowest BCUT2D eigenvalue weighted by Crippen LogP contribution is -2.56. The summed E-state index contributed by atoms with van der Waals surface area (Å²) in [5.41, 5.74) is 2.57. The molecule has 0 spiro atoms. The Hall–Kier alpha value is -2.41. The number of hydrogen-bond donors (Lipinski definition) is 3. The van der Waals surface area contributed by atoms with Gasteiger partial charge in [0.15, 0.2) is 0 Å². The fourth-order valence-electron chi connectivity index (χ4n) is 3.80. The van der Waals surface area contributed by atoms with Gasteiger partial charge in [0.2, 0.25) is 5.91 Å². The maximum atomic E-state index is 12.2. The van der Waals surface area contributed by atoms with E-state index in [-0.39, 0.29) is 37.0 Å². The quantitative estimate of drug-likeness (QED) is 0.596. The third kappa shape index (κ3) is 5.79. The van der Waals surface area contributed by atoms with Crippen LogP contribution in [0.1, 0.15) is 47.2 Å². The molecule has 0 radical (unpaired) electrons. The zero-order chi connectivity index (χ0) is 20.3. The van der Waals surface area contributed by atoms with Crippen LogP contribution in [-0.2, 0) is 9.59 Å². The molecule has 0 heterocycles. The standard InChI is InChI=1S/C21H29N3O4/c1-13-5-14(2)7-16(6-13)21(28)22-10-19(25)23-17-8-18(9-17)24(12-20(26)27)11-15-3-4-15/h5-7,15,17-18H,3-4,8-12H2,1-2H3,(H,22,28)(H,23,25)(H,26,27). The SMILES string of the molecule is Cc1cc(C)cc(C(=O)NCC(=O)NC2CC(N(CC(=O)O)CC3CC3)C2)c1. The topological polar surface area (TPSA) is 98.7 Å². The summed E-state index contributed by atoms with van der Waals surface area (Å²) in [4.78, 5) is 37.5. The van der Waals surface area contributed by atoms with Gasteiger partial charge in [-0.1, -0.05) is 17.2 Å². The minimum absolute atomic E-state index is 0.0473. The van der Waals surface area contributed by atoms with Gasteiger partial charge in [-0.2, -0.15) is 0 Å². The van der Waals surface area contributed by atoms with Crippen molar-refractivity contribution in [3.05, 3.63) is 34.9 Å². The predicted molar refractivity (Wildman–Crippen MR) is 105 cm³/mol. The summed E-state index contributed by atoms with van der Waals surface area (Å²) < 4.78 is 0. The Balaban J connectivity index is 1.39.